The number of aryl methyl sites for hydroxylation is 2. The summed E-state index contributed by atoms with van der Waals surface area (Å²) >= 11 is 0. The highest BCUT2D eigenvalue weighted by Crippen LogP contribution is 2.31. The van der Waals surface area contributed by atoms with Crippen molar-refractivity contribution < 1.29 is 8.42 Å². The zero-order valence-electron chi connectivity index (χ0n) is 12.8. The Kier molecular flexibility index (Phi) is 4.32. The van der Waals surface area contributed by atoms with Crippen molar-refractivity contribution >= 4 is 10.0 Å². The highest BCUT2D eigenvalue weighted by atomic mass is 32.2. The highest BCUT2D eigenvalue weighted by molar-refractivity contribution is 7.89. The Hall–Kier alpha value is -1.65. The molecule has 1 aliphatic rings. The number of hydrogen-bond acceptors (Lipinski definition) is 2. The van der Waals surface area contributed by atoms with Crippen LogP contribution in [0, 0.1) is 6.92 Å². The van der Waals surface area contributed by atoms with E-state index in [-0.39, 0.29) is 6.04 Å². The molecule has 0 bridgehead atoms. The van der Waals surface area contributed by atoms with E-state index in [0.29, 0.717) is 11.4 Å². The summed E-state index contributed by atoms with van der Waals surface area (Å²) in [4.78, 5) is 0.406. The lowest BCUT2D eigenvalue weighted by Gasteiger charge is -2.07. The maximum Gasteiger partial charge on any atom is 0.243 e. The van der Waals surface area contributed by atoms with E-state index in [2.05, 4.69) is 12.1 Å². The lowest BCUT2D eigenvalue weighted by atomic mass is 10.1. The van der Waals surface area contributed by atoms with Crippen LogP contribution in [-0.2, 0) is 16.4 Å². The van der Waals surface area contributed by atoms with Crippen LogP contribution in [0.5, 0.6) is 0 Å². The van der Waals surface area contributed by atoms with E-state index in [1.54, 1.807) is 16.4 Å². The Morgan fingerprint density at radius 2 is 1.73 bits per heavy atom. The van der Waals surface area contributed by atoms with E-state index >= 15 is 0 Å². The van der Waals surface area contributed by atoms with E-state index < -0.39 is 10.0 Å². The van der Waals surface area contributed by atoms with Crippen molar-refractivity contribution in [3.05, 3.63) is 65.7 Å². The summed E-state index contributed by atoms with van der Waals surface area (Å²) in [5.74, 6) is 0. The predicted molar refractivity (Wildman–Crippen MR) is 88.2 cm³/mol. The van der Waals surface area contributed by atoms with Gasteiger partial charge in [-0.3, -0.25) is 0 Å². The lowest BCUT2D eigenvalue weighted by Crippen LogP contribution is -2.14. The zero-order chi connectivity index (χ0) is 15.6. The van der Waals surface area contributed by atoms with Crippen molar-refractivity contribution in [2.75, 3.05) is 6.54 Å². The van der Waals surface area contributed by atoms with Crippen molar-refractivity contribution in [1.82, 2.24) is 4.31 Å². The third-order valence-corrected chi connectivity index (χ3v) is 6.07. The Morgan fingerprint density at radius 3 is 2.41 bits per heavy atom. The second-order valence-electron chi connectivity index (χ2n) is 5.92. The maximum atomic E-state index is 12.5. The van der Waals surface area contributed by atoms with Crippen LogP contribution in [0.1, 0.15) is 24.0 Å². The molecule has 1 saturated heterocycles. The Bertz CT molecular complexity index is 723. The van der Waals surface area contributed by atoms with Gasteiger partial charge in [0.25, 0.3) is 0 Å². The summed E-state index contributed by atoms with van der Waals surface area (Å²) in [7, 11) is -3.29. The SMILES string of the molecule is Cc1ccc(S(=O)(=O)N2CC2CCCc2ccccc2)cc1. The highest BCUT2D eigenvalue weighted by Gasteiger charge is 2.43. The van der Waals surface area contributed by atoms with Gasteiger partial charge in [-0.1, -0.05) is 48.0 Å². The van der Waals surface area contributed by atoms with Crippen LogP contribution in [0.15, 0.2) is 59.5 Å². The molecule has 0 radical (unpaired) electrons. The average molecular weight is 315 g/mol. The third kappa shape index (κ3) is 3.39. The van der Waals surface area contributed by atoms with Gasteiger partial charge in [-0.05, 0) is 43.9 Å². The monoisotopic (exact) mass is 315 g/mol. The molecule has 0 amide bonds. The molecule has 0 aromatic heterocycles. The van der Waals surface area contributed by atoms with Crippen LogP contribution in [-0.4, -0.2) is 25.3 Å². The number of benzene rings is 2. The number of hydrogen-bond donors (Lipinski definition) is 0. The summed E-state index contributed by atoms with van der Waals surface area (Å²) in [6.07, 6.45) is 2.96. The molecule has 2 atom stereocenters. The van der Waals surface area contributed by atoms with Gasteiger partial charge in [0.15, 0.2) is 0 Å². The zero-order valence-corrected chi connectivity index (χ0v) is 13.6. The van der Waals surface area contributed by atoms with Crippen LogP contribution in [0.25, 0.3) is 0 Å². The first-order chi connectivity index (χ1) is 10.6. The molecule has 116 valence electrons. The lowest BCUT2D eigenvalue weighted by molar-refractivity contribution is 0.543. The fourth-order valence-corrected chi connectivity index (χ4v) is 4.34. The normalized spacial score (nSPS) is 20.8. The van der Waals surface area contributed by atoms with Gasteiger partial charge in [-0.25, -0.2) is 8.42 Å². The summed E-state index contributed by atoms with van der Waals surface area (Å²) in [6, 6.07) is 17.6. The van der Waals surface area contributed by atoms with Crippen molar-refractivity contribution in [3.63, 3.8) is 0 Å². The van der Waals surface area contributed by atoms with Crippen molar-refractivity contribution in [2.45, 2.75) is 37.1 Å². The second-order valence-corrected chi connectivity index (χ2v) is 7.81. The molecule has 2 unspecified atom stereocenters. The van der Waals surface area contributed by atoms with Crippen LogP contribution in [0.3, 0.4) is 0 Å². The van der Waals surface area contributed by atoms with E-state index in [9.17, 15) is 8.42 Å². The molecule has 1 fully saturated rings. The van der Waals surface area contributed by atoms with Gasteiger partial charge in [0.2, 0.25) is 10.0 Å². The van der Waals surface area contributed by atoms with Gasteiger partial charge >= 0.3 is 0 Å². The molecular formula is C18H21NO2S. The molecule has 4 heteroatoms. The largest absolute Gasteiger partial charge is 0.243 e. The number of nitrogens with zero attached hydrogens (tertiary/aromatic N) is 1. The van der Waals surface area contributed by atoms with E-state index in [0.717, 1.165) is 24.8 Å². The van der Waals surface area contributed by atoms with Crippen molar-refractivity contribution in [2.24, 2.45) is 0 Å². The topological polar surface area (TPSA) is 37.1 Å². The van der Waals surface area contributed by atoms with Gasteiger partial charge in [0.05, 0.1) is 4.90 Å². The van der Waals surface area contributed by atoms with E-state index in [1.807, 2.05) is 37.3 Å². The molecule has 3 rings (SSSR count). The Balaban J connectivity index is 1.54. The van der Waals surface area contributed by atoms with Gasteiger partial charge in [-0.15, -0.1) is 0 Å². The van der Waals surface area contributed by atoms with Gasteiger partial charge in [0.1, 0.15) is 0 Å². The van der Waals surface area contributed by atoms with Crippen LogP contribution < -0.4 is 0 Å². The first-order valence-electron chi connectivity index (χ1n) is 7.70. The van der Waals surface area contributed by atoms with Crippen molar-refractivity contribution in [1.29, 1.82) is 0 Å². The molecule has 1 heterocycles. The first kappa shape index (κ1) is 15.3. The second kappa shape index (κ2) is 6.23. The minimum absolute atomic E-state index is 0.176. The van der Waals surface area contributed by atoms with Gasteiger partial charge in [0, 0.05) is 12.6 Å². The number of rotatable bonds is 6. The summed E-state index contributed by atoms with van der Waals surface area (Å²) in [6.45, 7) is 2.62. The molecule has 0 spiro atoms. The Labute approximate surface area is 132 Å². The van der Waals surface area contributed by atoms with Crippen molar-refractivity contribution in [3.8, 4) is 0 Å². The molecule has 1 aliphatic heterocycles. The maximum absolute atomic E-state index is 12.5. The van der Waals surface area contributed by atoms with Crippen LogP contribution >= 0.6 is 0 Å². The summed E-state index contributed by atoms with van der Waals surface area (Å²) in [5.41, 5.74) is 2.39. The molecule has 0 aliphatic carbocycles. The molecule has 0 N–H and O–H groups in total. The Morgan fingerprint density at radius 1 is 1.05 bits per heavy atom. The third-order valence-electron chi connectivity index (χ3n) is 4.14. The average Bonchev–Trinajstić information content (AvgIpc) is 3.29. The van der Waals surface area contributed by atoms with Gasteiger partial charge < -0.3 is 0 Å². The molecule has 22 heavy (non-hydrogen) atoms. The van der Waals surface area contributed by atoms with Crippen LogP contribution in [0.2, 0.25) is 0 Å². The number of sulfonamides is 1. The standard InChI is InChI=1S/C18H21NO2S/c1-15-10-12-18(13-11-15)22(20,21)19-14-17(19)9-5-8-16-6-3-2-4-7-16/h2-4,6-7,10-13,17H,5,8-9,14H2,1H3. The van der Waals surface area contributed by atoms with Crippen LogP contribution in [0.4, 0.5) is 0 Å². The quantitative estimate of drug-likeness (QED) is 0.766. The summed E-state index contributed by atoms with van der Waals surface area (Å²) < 4.78 is 26.6. The molecule has 2 aromatic rings. The minimum atomic E-state index is -3.29. The molecule has 3 nitrogen and oxygen atoms in total. The predicted octanol–water partition coefficient (Wildman–Crippen LogP) is 3.39. The minimum Gasteiger partial charge on any atom is -0.207 e. The van der Waals surface area contributed by atoms with Gasteiger partial charge in [-0.2, -0.15) is 4.31 Å². The smallest absolute Gasteiger partial charge is 0.207 e. The fourth-order valence-electron chi connectivity index (χ4n) is 2.72. The molecule has 0 saturated carbocycles. The molecule has 2 aromatic carbocycles. The fraction of sp³-hybridized carbons (Fsp3) is 0.333. The first-order valence-corrected chi connectivity index (χ1v) is 9.14. The van der Waals surface area contributed by atoms with E-state index in [4.69, 9.17) is 0 Å². The van der Waals surface area contributed by atoms with E-state index in [1.165, 1.54) is 5.56 Å². The molecular weight excluding hydrogens is 294 g/mol. The summed E-state index contributed by atoms with van der Waals surface area (Å²) in [5, 5.41) is 0.